The normalized spacial score (nSPS) is 22.8. The van der Waals surface area contributed by atoms with E-state index in [1.165, 1.54) is 0 Å². The molecule has 0 saturated carbocycles. The van der Waals surface area contributed by atoms with Gasteiger partial charge in [-0.25, -0.2) is 0 Å². The fourth-order valence-electron chi connectivity index (χ4n) is 2.34. The first-order valence-electron chi connectivity index (χ1n) is 6.39. The van der Waals surface area contributed by atoms with E-state index in [-0.39, 0.29) is 11.9 Å². The van der Waals surface area contributed by atoms with Crippen molar-refractivity contribution in [2.75, 3.05) is 6.54 Å². The van der Waals surface area contributed by atoms with Crippen LogP contribution < -0.4 is 10.6 Å². The molecular weight excluding hydrogens is 244 g/mol. The Labute approximate surface area is 110 Å². The first kappa shape index (κ1) is 12.2. The van der Waals surface area contributed by atoms with Crippen molar-refractivity contribution < 1.29 is 14.3 Å². The number of fused-ring (bicyclic) bond motifs is 1. The van der Waals surface area contributed by atoms with E-state index in [1.807, 2.05) is 30.3 Å². The first-order valence-corrected chi connectivity index (χ1v) is 6.39. The molecule has 1 aromatic carbocycles. The van der Waals surface area contributed by atoms with Crippen LogP contribution in [-0.4, -0.2) is 29.7 Å². The van der Waals surface area contributed by atoms with Crippen molar-refractivity contribution in [3.05, 3.63) is 36.1 Å². The molecule has 1 fully saturated rings. The molecule has 1 amide bonds. The molecule has 2 atom stereocenters. The molecule has 100 valence electrons. The molecule has 1 aliphatic rings. The van der Waals surface area contributed by atoms with Gasteiger partial charge in [0.15, 0.2) is 0 Å². The van der Waals surface area contributed by atoms with Gasteiger partial charge in [-0.3, -0.25) is 4.79 Å². The van der Waals surface area contributed by atoms with Gasteiger partial charge in [-0.2, -0.15) is 0 Å². The fourth-order valence-corrected chi connectivity index (χ4v) is 2.34. The van der Waals surface area contributed by atoms with E-state index in [2.05, 4.69) is 10.6 Å². The number of hydrogen-bond donors (Lipinski definition) is 3. The Morgan fingerprint density at radius 3 is 3.05 bits per heavy atom. The fraction of sp³-hybridized carbons (Fsp3) is 0.357. The zero-order chi connectivity index (χ0) is 13.2. The summed E-state index contributed by atoms with van der Waals surface area (Å²) >= 11 is 0. The molecule has 5 nitrogen and oxygen atoms in total. The lowest BCUT2D eigenvalue weighted by atomic mass is 10.2. The summed E-state index contributed by atoms with van der Waals surface area (Å²) in [6.45, 7) is 0.838. The number of carbonyl (C=O) groups is 1. The SMILES string of the molecule is O=C(NCc1cc2ccccc2o1)[C@H]1C[C@H](O)CN1. The highest BCUT2D eigenvalue weighted by atomic mass is 16.3. The summed E-state index contributed by atoms with van der Waals surface area (Å²) in [7, 11) is 0. The largest absolute Gasteiger partial charge is 0.459 e. The molecule has 1 aromatic heterocycles. The van der Waals surface area contributed by atoms with Gasteiger partial charge in [0, 0.05) is 11.9 Å². The summed E-state index contributed by atoms with van der Waals surface area (Å²) in [6, 6.07) is 9.35. The van der Waals surface area contributed by atoms with E-state index in [0.29, 0.717) is 19.5 Å². The van der Waals surface area contributed by atoms with Gasteiger partial charge in [-0.05, 0) is 18.6 Å². The third kappa shape index (κ3) is 2.62. The number of para-hydroxylation sites is 1. The number of β-amino-alcohol motifs (C(OH)–C–C–N with tert-alkyl or cyclic N) is 1. The lowest BCUT2D eigenvalue weighted by molar-refractivity contribution is -0.123. The van der Waals surface area contributed by atoms with E-state index in [0.717, 1.165) is 16.7 Å². The minimum Gasteiger partial charge on any atom is -0.459 e. The Morgan fingerprint density at radius 1 is 1.47 bits per heavy atom. The second-order valence-corrected chi connectivity index (χ2v) is 4.82. The quantitative estimate of drug-likeness (QED) is 0.762. The molecular formula is C14H16N2O3. The molecule has 3 N–H and O–H groups in total. The number of rotatable bonds is 3. The van der Waals surface area contributed by atoms with Crippen molar-refractivity contribution in [1.29, 1.82) is 0 Å². The molecule has 3 rings (SSSR count). The smallest absolute Gasteiger partial charge is 0.237 e. The molecule has 2 heterocycles. The average molecular weight is 260 g/mol. The molecule has 5 heteroatoms. The topological polar surface area (TPSA) is 74.5 Å². The molecule has 0 bridgehead atoms. The van der Waals surface area contributed by atoms with Crippen LogP contribution in [0.3, 0.4) is 0 Å². The van der Waals surface area contributed by atoms with E-state index in [9.17, 15) is 9.90 Å². The maximum absolute atomic E-state index is 11.9. The van der Waals surface area contributed by atoms with Crippen molar-refractivity contribution in [1.82, 2.24) is 10.6 Å². The van der Waals surface area contributed by atoms with Crippen LogP contribution >= 0.6 is 0 Å². The van der Waals surface area contributed by atoms with Crippen LogP contribution in [-0.2, 0) is 11.3 Å². The number of carbonyl (C=O) groups excluding carboxylic acids is 1. The van der Waals surface area contributed by atoms with Crippen LogP contribution in [0.2, 0.25) is 0 Å². The summed E-state index contributed by atoms with van der Waals surface area (Å²) in [5.41, 5.74) is 0.821. The first-order chi connectivity index (χ1) is 9.22. The predicted molar refractivity (Wildman–Crippen MR) is 70.5 cm³/mol. The summed E-state index contributed by atoms with van der Waals surface area (Å²) in [5, 5.41) is 16.2. The van der Waals surface area contributed by atoms with Gasteiger partial charge in [0.2, 0.25) is 5.91 Å². The molecule has 0 radical (unpaired) electrons. The van der Waals surface area contributed by atoms with Gasteiger partial charge >= 0.3 is 0 Å². The minimum atomic E-state index is -0.429. The third-order valence-electron chi connectivity index (χ3n) is 3.34. The Morgan fingerprint density at radius 2 is 2.32 bits per heavy atom. The highest BCUT2D eigenvalue weighted by molar-refractivity contribution is 5.82. The number of amides is 1. The van der Waals surface area contributed by atoms with Crippen LogP contribution in [0.5, 0.6) is 0 Å². The molecule has 0 spiro atoms. The molecule has 1 aliphatic heterocycles. The zero-order valence-corrected chi connectivity index (χ0v) is 10.4. The third-order valence-corrected chi connectivity index (χ3v) is 3.34. The van der Waals surface area contributed by atoms with Crippen LogP contribution in [0, 0.1) is 0 Å². The lowest BCUT2D eigenvalue weighted by Crippen LogP contribution is -2.39. The van der Waals surface area contributed by atoms with Crippen molar-refractivity contribution >= 4 is 16.9 Å². The zero-order valence-electron chi connectivity index (χ0n) is 10.4. The summed E-state index contributed by atoms with van der Waals surface area (Å²) in [6.07, 6.45) is 0.0355. The van der Waals surface area contributed by atoms with Crippen molar-refractivity contribution in [2.24, 2.45) is 0 Å². The van der Waals surface area contributed by atoms with Crippen LogP contribution in [0.1, 0.15) is 12.2 Å². The monoisotopic (exact) mass is 260 g/mol. The van der Waals surface area contributed by atoms with Crippen LogP contribution in [0.25, 0.3) is 11.0 Å². The minimum absolute atomic E-state index is 0.1000. The number of aliphatic hydroxyl groups is 1. The van der Waals surface area contributed by atoms with E-state index in [1.54, 1.807) is 0 Å². The average Bonchev–Trinajstić information content (AvgIpc) is 3.01. The van der Waals surface area contributed by atoms with E-state index >= 15 is 0 Å². The number of benzene rings is 1. The molecule has 2 aromatic rings. The number of hydrogen-bond acceptors (Lipinski definition) is 4. The van der Waals surface area contributed by atoms with Crippen molar-refractivity contribution in [3.8, 4) is 0 Å². The number of aliphatic hydroxyl groups excluding tert-OH is 1. The van der Waals surface area contributed by atoms with E-state index in [4.69, 9.17) is 4.42 Å². The Kier molecular flexibility index (Phi) is 3.23. The van der Waals surface area contributed by atoms with Crippen LogP contribution in [0.15, 0.2) is 34.7 Å². The van der Waals surface area contributed by atoms with Crippen molar-refractivity contribution in [2.45, 2.75) is 25.1 Å². The second-order valence-electron chi connectivity index (χ2n) is 4.82. The number of furan rings is 1. The predicted octanol–water partition coefficient (Wildman–Crippen LogP) is 0.772. The molecule has 1 saturated heterocycles. The number of nitrogens with one attached hydrogen (secondary N) is 2. The van der Waals surface area contributed by atoms with Gasteiger partial charge in [-0.1, -0.05) is 18.2 Å². The van der Waals surface area contributed by atoms with E-state index < -0.39 is 6.10 Å². The molecule has 0 unspecified atom stereocenters. The Bertz CT molecular complexity index is 560. The second kappa shape index (κ2) is 5.03. The summed E-state index contributed by atoms with van der Waals surface area (Å²) in [4.78, 5) is 11.9. The Hall–Kier alpha value is -1.85. The highest BCUT2D eigenvalue weighted by Gasteiger charge is 2.27. The molecule has 19 heavy (non-hydrogen) atoms. The van der Waals surface area contributed by atoms with Crippen LogP contribution in [0.4, 0.5) is 0 Å². The van der Waals surface area contributed by atoms with Gasteiger partial charge in [0.25, 0.3) is 0 Å². The Balaban J connectivity index is 1.61. The highest BCUT2D eigenvalue weighted by Crippen LogP contribution is 2.18. The molecule has 0 aliphatic carbocycles. The standard InChI is InChI=1S/C14H16N2O3/c17-10-6-12(15-7-10)14(18)16-8-11-5-9-3-1-2-4-13(9)19-11/h1-5,10,12,15,17H,6-8H2,(H,16,18)/t10-,12+/m0/s1. The summed E-state index contributed by atoms with van der Waals surface area (Å²) < 4.78 is 5.62. The van der Waals surface area contributed by atoms with Gasteiger partial charge in [0.05, 0.1) is 18.7 Å². The van der Waals surface area contributed by atoms with Crippen molar-refractivity contribution in [3.63, 3.8) is 0 Å². The maximum atomic E-state index is 11.9. The van der Waals surface area contributed by atoms with Gasteiger partial charge < -0.3 is 20.2 Å². The van der Waals surface area contributed by atoms with Gasteiger partial charge in [0.1, 0.15) is 11.3 Å². The lowest BCUT2D eigenvalue weighted by Gasteiger charge is -2.09. The van der Waals surface area contributed by atoms with Gasteiger partial charge in [-0.15, -0.1) is 0 Å². The maximum Gasteiger partial charge on any atom is 0.237 e. The summed E-state index contributed by atoms with van der Waals surface area (Å²) in [5.74, 6) is 0.630.